The quantitative estimate of drug-likeness (QED) is 0.807. The van der Waals surface area contributed by atoms with E-state index in [9.17, 15) is 4.79 Å². The van der Waals surface area contributed by atoms with Crippen molar-refractivity contribution in [3.63, 3.8) is 0 Å². The lowest BCUT2D eigenvalue weighted by atomic mass is 10.1. The van der Waals surface area contributed by atoms with Gasteiger partial charge in [-0.05, 0) is 26.3 Å². The first kappa shape index (κ1) is 13.7. The first-order valence-corrected chi connectivity index (χ1v) is 6.49. The number of ketones is 1. The predicted molar refractivity (Wildman–Crippen MR) is 72.5 cm³/mol. The highest BCUT2D eigenvalue weighted by atomic mass is 35.5. The monoisotopic (exact) mass is 278 g/mol. The molecule has 6 heteroatoms. The average Bonchev–Trinajstić information content (AvgIpc) is 2.73. The first-order chi connectivity index (χ1) is 9.04. The van der Waals surface area contributed by atoms with E-state index in [1.807, 2.05) is 6.92 Å². The van der Waals surface area contributed by atoms with Gasteiger partial charge < -0.3 is 0 Å². The van der Waals surface area contributed by atoms with Crippen molar-refractivity contribution in [2.75, 3.05) is 0 Å². The maximum Gasteiger partial charge on any atom is 0.214 e. The summed E-state index contributed by atoms with van der Waals surface area (Å²) in [5, 5.41) is 12.4. The zero-order valence-electron chi connectivity index (χ0n) is 11.1. The molecule has 0 aromatic carbocycles. The van der Waals surface area contributed by atoms with Gasteiger partial charge in [-0.1, -0.05) is 18.5 Å². The average molecular weight is 279 g/mol. The lowest BCUT2D eigenvalue weighted by Crippen LogP contribution is -2.14. The third-order valence-corrected chi connectivity index (χ3v) is 3.07. The molecule has 100 valence electrons. The van der Waals surface area contributed by atoms with Gasteiger partial charge in [0.2, 0.25) is 5.78 Å². The fourth-order valence-corrected chi connectivity index (χ4v) is 2.10. The number of aromatic nitrogens is 4. The van der Waals surface area contributed by atoms with Crippen LogP contribution >= 0.6 is 11.6 Å². The van der Waals surface area contributed by atoms with Crippen LogP contribution in [-0.2, 0) is 6.54 Å². The molecule has 19 heavy (non-hydrogen) atoms. The van der Waals surface area contributed by atoms with Crippen molar-refractivity contribution in [2.24, 2.45) is 0 Å². The van der Waals surface area contributed by atoms with Gasteiger partial charge in [0.05, 0.1) is 22.6 Å². The summed E-state index contributed by atoms with van der Waals surface area (Å²) in [6.07, 6.45) is 2.38. The van der Waals surface area contributed by atoms with Crippen molar-refractivity contribution in [3.05, 3.63) is 39.9 Å². The van der Waals surface area contributed by atoms with E-state index < -0.39 is 0 Å². The van der Waals surface area contributed by atoms with Gasteiger partial charge in [0, 0.05) is 12.1 Å². The summed E-state index contributed by atoms with van der Waals surface area (Å²) in [7, 11) is 0. The summed E-state index contributed by atoms with van der Waals surface area (Å²) in [6.45, 7) is 6.24. The van der Waals surface area contributed by atoms with Crippen molar-refractivity contribution in [3.8, 4) is 0 Å². The van der Waals surface area contributed by atoms with Crippen LogP contribution in [0, 0.1) is 13.8 Å². The lowest BCUT2D eigenvalue weighted by molar-refractivity contribution is 0.102. The summed E-state index contributed by atoms with van der Waals surface area (Å²) in [6, 6.07) is 1.73. The van der Waals surface area contributed by atoms with Crippen LogP contribution in [0.5, 0.6) is 0 Å². The van der Waals surface area contributed by atoms with Gasteiger partial charge in [-0.3, -0.25) is 9.48 Å². The molecule has 2 rings (SSSR count). The first-order valence-electron chi connectivity index (χ1n) is 6.11. The Morgan fingerprint density at radius 2 is 2.11 bits per heavy atom. The highest BCUT2D eigenvalue weighted by Crippen LogP contribution is 2.20. The second-order valence-corrected chi connectivity index (χ2v) is 4.79. The molecule has 0 aliphatic heterocycles. The van der Waals surface area contributed by atoms with E-state index in [-0.39, 0.29) is 5.78 Å². The lowest BCUT2D eigenvalue weighted by Gasteiger charge is -2.08. The summed E-state index contributed by atoms with van der Waals surface area (Å²) >= 11 is 6.08. The number of carbonyl (C=O) groups is 1. The third-order valence-electron chi connectivity index (χ3n) is 2.79. The topological polar surface area (TPSA) is 60.7 Å². The Bertz CT molecular complexity index is 621. The van der Waals surface area contributed by atoms with E-state index in [2.05, 4.69) is 15.3 Å². The van der Waals surface area contributed by atoms with Gasteiger partial charge in [0.15, 0.2) is 0 Å². The molecule has 0 N–H and O–H groups in total. The molecule has 0 amide bonds. The Labute approximate surface area is 116 Å². The molecule has 0 aliphatic rings. The minimum atomic E-state index is -0.161. The molecule has 0 atom stereocenters. The number of hydrogen-bond acceptors (Lipinski definition) is 4. The maximum atomic E-state index is 12.6. The van der Waals surface area contributed by atoms with Gasteiger partial charge in [-0.2, -0.15) is 15.3 Å². The fraction of sp³-hybridized carbons (Fsp3) is 0.385. The van der Waals surface area contributed by atoms with Crippen LogP contribution in [-0.4, -0.2) is 25.8 Å². The molecule has 0 saturated heterocycles. The van der Waals surface area contributed by atoms with Crippen LogP contribution in [0.4, 0.5) is 0 Å². The Hall–Kier alpha value is -1.75. The van der Waals surface area contributed by atoms with Crippen LogP contribution in [0.15, 0.2) is 12.3 Å². The SMILES string of the molecule is CCCn1ncc(Cl)c1C(=O)c1cc(C)nnc1C. The minimum Gasteiger partial charge on any atom is -0.287 e. The van der Waals surface area contributed by atoms with Crippen LogP contribution < -0.4 is 0 Å². The van der Waals surface area contributed by atoms with E-state index in [0.717, 1.165) is 6.42 Å². The molecular weight excluding hydrogens is 264 g/mol. The van der Waals surface area contributed by atoms with E-state index >= 15 is 0 Å². The molecule has 0 radical (unpaired) electrons. The van der Waals surface area contributed by atoms with E-state index in [4.69, 9.17) is 11.6 Å². The zero-order chi connectivity index (χ0) is 14.0. The van der Waals surface area contributed by atoms with Gasteiger partial charge in [0.25, 0.3) is 0 Å². The standard InChI is InChI=1S/C13H15ClN4O/c1-4-5-18-12(11(14)7-15-18)13(19)10-6-8(2)16-17-9(10)3/h6-7H,4-5H2,1-3H3. The number of hydrogen-bond donors (Lipinski definition) is 0. The molecule has 0 unspecified atom stereocenters. The molecule has 2 aromatic rings. The molecular formula is C13H15ClN4O. The van der Waals surface area contributed by atoms with Gasteiger partial charge >= 0.3 is 0 Å². The van der Waals surface area contributed by atoms with E-state index in [1.165, 1.54) is 6.20 Å². The fourth-order valence-electron chi connectivity index (χ4n) is 1.88. The second kappa shape index (κ2) is 5.48. The van der Waals surface area contributed by atoms with Crippen molar-refractivity contribution in [2.45, 2.75) is 33.7 Å². The van der Waals surface area contributed by atoms with Crippen molar-refractivity contribution >= 4 is 17.4 Å². The molecule has 0 fully saturated rings. The van der Waals surface area contributed by atoms with Gasteiger partial charge in [-0.25, -0.2) is 0 Å². The summed E-state index contributed by atoms with van der Waals surface area (Å²) in [5.41, 5.74) is 2.23. The van der Waals surface area contributed by atoms with E-state index in [1.54, 1.807) is 24.6 Å². The number of rotatable bonds is 4. The number of carbonyl (C=O) groups excluding carboxylic acids is 1. The second-order valence-electron chi connectivity index (χ2n) is 4.38. The Balaban J connectivity index is 2.49. The molecule has 2 aromatic heterocycles. The Morgan fingerprint density at radius 1 is 1.37 bits per heavy atom. The van der Waals surface area contributed by atoms with Crippen LogP contribution in [0.3, 0.4) is 0 Å². The van der Waals surface area contributed by atoms with Crippen molar-refractivity contribution < 1.29 is 4.79 Å². The third kappa shape index (κ3) is 2.66. The summed E-state index contributed by atoms with van der Waals surface area (Å²) in [4.78, 5) is 12.6. The molecule has 0 bridgehead atoms. The van der Waals surface area contributed by atoms with Crippen LogP contribution in [0.25, 0.3) is 0 Å². The molecule has 2 heterocycles. The van der Waals surface area contributed by atoms with Gasteiger partial charge in [-0.15, -0.1) is 0 Å². The maximum absolute atomic E-state index is 12.6. The minimum absolute atomic E-state index is 0.161. The van der Waals surface area contributed by atoms with Crippen LogP contribution in [0.2, 0.25) is 5.02 Å². The molecule has 0 saturated carbocycles. The normalized spacial score (nSPS) is 10.7. The highest BCUT2D eigenvalue weighted by molar-refractivity contribution is 6.34. The molecule has 0 spiro atoms. The zero-order valence-corrected chi connectivity index (χ0v) is 11.9. The molecule has 5 nitrogen and oxygen atoms in total. The highest BCUT2D eigenvalue weighted by Gasteiger charge is 2.21. The number of nitrogens with zero attached hydrogens (tertiary/aromatic N) is 4. The number of halogens is 1. The summed E-state index contributed by atoms with van der Waals surface area (Å²) < 4.78 is 1.64. The van der Waals surface area contributed by atoms with Crippen LogP contribution in [0.1, 0.15) is 40.8 Å². The Morgan fingerprint density at radius 3 is 2.79 bits per heavy atom. The van der Waals surface area contributed by atoms with Crippen molar-refractivity contribution in [1.29, 1.82) is 0 Å². The Kier molecular flexibility index (Phi) is 3.95. The number of aryl methyl sites for hydroxylation is 3. The van der Waals surface area contributed by atoms with Gasteiger partial charge in [0.1, 0.15) is 5.69 Å². The molecule has 0 aliphatic carbocycles. The predicted octanol–water partition coefficient (Wildman–Crippen LogP) is 2.58. The largest absolute Gasteiger partial charge is 0.287 e. The summed E-state index contributed by atoms with van der Waals surface area (Å²) in [5.74, 6) is -0.161. The van der Waals surface area contributed by atoms with E-state index in [0.29, 0.717) is 34.2 Å². The smallest absolute Gasteiger partial charge is 0.214 e. The van der Waals surface area contributed by atoms with Crippen molar-refractivity contribution in [1.82, 2.24) is 20.0 Å².